The van der Waals surface area contributed by atoms with Crippen LogP contribution in [0.25, 0.3) is 22.3 Å². The minimum absolute atomic E-state index is 0.0320. The van der Waals surface area contributed by atoms with Gasteiger partial charge in [-0.3, -0.25) is 4.98 Å². The summed E-state index contributed by atoms with van der Waals surface area (Å²) >= 11 is 0. The second kappa shape index (κ2) is 6.47. The first-order valence-corrected chi connectivity index (χ1v) is 11.8. The molecule has 0 radical (unpaired) electrons. The molecular weight excluding hydrogens is 396 g/mol. The van der Waals surface area contributed by atoms with Crippen molar-refractivity contribution in [3.8, 4) is 11.4 Å². The number of fused-ring (bicyclic) bond motifs is 5. The predicted octanol–water partition coefficient (Wildman–Crippen LogP) is 5.74. The van der Waals surface area contributed by atoms with Crippen LogP contribution in [0.5, 0.6) is 0 Å². The highest BCUT2D eigenvalue weighted by Gasteiger charge is 2.51. The topological polar surface area (TPSA) is 64.7 Å². The van der Waals surface area contributed by atoms with Crippen LogP contribution in [0.1, 0.15) is 73.2 Å². The highest BCUT2D eigenvalue weighted by Crippen LogP contribution is 2.55. The SMILES string of the molecule is C[C@H]1c2oncc2C[C@@]2(C)c3nc(-c4ccnc5ccccc45)nc(C4CC4)c3CC[C@H]12. The zero-order valence-electron chi connectivity index (χ0n) is 18.5. The Morgan fingerprint density at radius 2 is 1.94 bits per heavy atom. The van der Waals surface area contributed by atoms with Crippen molar-refractivity contribution in [2.24, 2.45) is 5.92 Å². The van der Waals surface area contributed by atoms with Gasteiger partial charge in [-0.05, 0) is 55.7 Å². The van der Waals surface area contributed by atoms with Crippen molar-refractivity contribution in [1.29, 1.82) is 0 Å². The summed E-state index contributed by atoms with van der Waals surface area (Å²) in [6.45, 7) is 4.72. The fourth-order valence-electron chi connectivity index (χ4n) is 6.49. The second-order valence-electron chi connectivity index (χ2n) is 10.2. The van der Waals surface area contributed by atoms with Crippen molar-refractivity contribution in [3.05, 3.63) is 71.0 Å². The first-order valence-electron chi connectivity index (χ1n) is 11.8. The molecule has 7 rings (SSSR count). The maximum atomic E-state index is 5.67. The molecule has 0 N–H and O–H groups in total. The van der Waals surface area contributed by atoms with Gasteiger partial charge < -0.3 is 4.52 Å². The molecule has 4 aromatic rings. The number of benzene rings is 1. The maximum Gasteiger partial charge on any atom is 0.160 e. The van der Waals surface area contributed by atoms with E-state index in [9.17, 15) is 0 Å². The molecule has 1 aromatic carbocycles. The number of para-hydroxylation sites is 1. The number of rotatable bonds is 2. The van der Waals surface area contributed by atoms with Gasteiger partial charge in [0.1, 0.15) is 5.76 Å². The first kappa shape index (κ1) is 18.5. The highest BCUT2D eigenvalue weighted by atomic mass is 16.5. The molecule has 5 nitrogen and oxygen atoms in total. The van der Waals surface area contributed by atoms with E-state index >= 15 is 0 Å². The van der Waals surface area contributed by atoms with E-state index in [2.05, 4.69) is 48.3 Å². The van der Waals surface area contributed by atoms with Crippen LogP contribution in [-0.2, 0) is 18.3 Å². The van der Waals surface area contributed by atoms with Gasteiger partial charge in [-0.2, -0.15) is 0 Å². The van der Waals surface area contributed by atoms with Crippen LogP contribution in [0.3, 0.4) is 0 Å². The third-order valence-electron chi connectivity index (χ3n) is 8.21. The molecule has 0 unspecified atom stereocenters. The fraction of sp³-hybridized carbons (Fsp3) is 0.407. The molecule has 0 aliphatic heterocycles. The monoisotopic (exact) mass is 422 g/mol. The lowest BCUT2D eigenvalue weighted by Crippen LogP contribution is -2.45. The minimum Gasteiger partial charge on any atom is -0.361 e. The fourth-order valence-corrected chi connectivity index (χ4v) is 6.49. The molecule has 1 fully saturated rings. The minimum atomic E-state index is -0.0320. The molecular formula is C27H26N4O. The maximum absolute atomic E-state index is 5.67. The summed E-state index contributed by atoms with van der Waals surface area (Å²) in [5.41, 5.74) is 7.27. The lowest BCUT2D eigenvalue weighted by molar-refractivity contribution is 0.171. The Morgan fingerprint density at radius 1 is 1.06 bits per heavy atom. The average Bonchev–Trinajstić information content (AvgIpc) is 3.56. The molecule has 3 heterocycles. The summed E-state index contributed by atoms with van der Waals surface area (Å²) in [6, 6.07) is 10.4. The van der Waals surface area contributed by atoms with E-state index in [0.717, 1.165) is 47.3 Å². The van der Waals surface area contributed by atoms with Crippen LogP contribution < -0.4 is 0 Å². The summed E-state index contributed by atoms with van der Waals surface area (Å²) < 4.78 is 5.67. The van der Waals surface area contributed by atoms with Crippen molar-refractivity contribution in [2.75, 3.05) is 0 Å². The van der Waals surface area contributed by atoms with Gasteiger partial charge in [-0.15, -0.1) is 0 Å². The summed E-state index contributed by atoms with van der Waals surface area (Å²) in [5, 5.41) is 5.26. The van der Waals surface area contributed by atoms with Gasteiger partial charge in [0.15, 0.2) is 5.82 Å². The van der Waals surface area contributed by atoms with E-state index in [1.165, 1.54) is 35.4 Å². The van der Waals surface area contributed by atoms with Gasteiger partial charge in [0.05, 0.1) is 23.1 Å². The molecule has 1 saturated carbocycles. The molecule has 32 heavy (non-hydrogen) atoms. The Bertz CT molecular complexity index is 1370. The van der Waals surface area contributed by atoms with Crippen molar-refractivity contribution in [3.63, 3.8) is 0 Å². The van der Waals surface area contributed by atoms with Gasteiger partial charge in [0, 0.05) is 40.0 Å². The molecule has 3 aromatic heterocycles. The predicted molar refractivity (Wildman–Crippen MR) is 123 cm³/mol. The van der Waals surface area contributed by atoms with E-state index in [1.807, 2.05) is 18.5 Å². The molecule has 5 heteroatoms. The van der Waals surface area contributed by atoms with Gasteiger partial charge in [0.25, 0.3) is 0 Å². The quantitative estimate of drug-likeness (QED) is 0.412. The van der Waals surface area contributed by atoms with Crippen LogP contribution in [0.15, 0.2) is 47.2 Å². The molecule has 0 bridgehead atoms. The van der Waals surface area contributed by atoms with E-state index in [-0.39, 0.29) is 5.41 Å². The van der Waals surface area contributed by atoms with Gasteiger partial charge in [0.2, 0.25) is 0 Å². The van der Waals surface area contributed by atoms with Crippen LogP contribution in [0.4, 0.5) is 0 Å². The van der Waals surface area contributed by atoms with Crippen LogP contribution in [0, 0.1) is 5.92 Å². The van der Waals surface area contributed by atoms with Crippen LogP contribution in [0.2, 0.25) is 0 Å². The third-order valence-corrected chi connectivity index (χ3v) is 8.21. The Morgan fingerprint density at radius 3 is 2.81 bits per heavy atom. The lowest BCUT2D eigenvalue weighted by Gasteiger charge is -2.47. The summed E-state index contributed by atoms with van der Waals surface area (Å²) in [6.07, 6.45) is 9.44. The second-order valence-corrected chi connectivity index (χ2v) is 10.2. The zero-order chi connectivity index (χ0) is 21.4. The highest BCUT2D eigenvalue weighted by molar-refractivity contribution is 5.92. The van der Waals surface area contributed by atoms with E-state index < -0.39 is 0 Å². The largest absolute Gasteiger partial charge is 0.361 e. The van der Waals surface area contributed by atoms with E-state index in [4.69, 9.17) is 14.5 Å². The Kier molecular flexibility index (Phi) is 3.74. The van der Waals surface area contributed by atoms with E-state index in [0.29, 0.717) is 17.8 Å². The Hall–Kier alpha value is -3.08. The standard InChI is InChI=1S/C27H26N4O/c1-15-21-10-9-20-23(16-7-8-16)30-26(19-11-12-28-22-6-4-3-5-18(19)22)31-25(20)27(21,2)13-17-14-29-32-24(15)17/h3-6,11-12,14-16,21H,7-10,13H2,1-2H3/t15-,21-,27-/m1/s1. The van der Waals surface area contributed by atoms with Crippen molar-refractivity contribution in [1.82, 2.24) is 20.1 Å². The molecule has 0 saturated heterocycles. The average molecular weight is 423 g/mol. The smallest absolute Gasteiger partial charge is 0.160 e. The molecule has 0 amide bonds. The molecule has 3 aliphatic carbocycles. The summed E-state index contributed by atoms with van der Waals surface area (Å²) in [7, 11) is 0. The normalized spacial score (nSPS) is 26.4. The Balaban J connectivity index is 1.47. The third kappa shape index (κ3) is 2.51. The number of hydrogen-bond acceptors (Lipinski definition) is 5. The van der Waals surface area contributed by atoms with E-state index in [1.54, 1.807) is 0 Å². The Labute approximate surface area is 187 Å². The van der Waals surface area contributed by atoms with Gasteiger partial charge in [-0.25, -0.2) is 9.97 Å². The summed E-state index contributed by atoms with van der Waals surface area (Å²) in [4.78, 5) is 15.1. The number of hydrogen-bond donors (Lipinski definition) is 0. The van der Waals surface area contributed by atoms with Crippen molar-refractivity contribution in [2.45, 2.75) is 63.2 Å². The van der Waals surface area contributed by atoms with Gasteiger partial charge in [-0.1, -0.05) is 37.2 Å². The van der Waals surface area contributed by atoms with Crippen molar-refractivity contribution < 1.29 is 4.52 Å². The number of nitrogens with zero attached hydrogens (tertiary/aromatic N) is 4. The molecule has 0 spiro atoms. The van der Waals surface area contributed by atoms with Crippen molar-refractivity contribution >= 4 is 10.9 Å². The van der Waals surface area contributed by atoms with Gasteiger partial charge >= 0.3 is 0 Å². The first-order chi connectivity index (χ1) is 15.6. The zero-order valence-corrected chi connectivity index (χ0v) is 18.5. The molecule has 160 valence electrons. The number of aromatic nitrogens is 4. The van der Waals surface area contributed by atoms with Crippen LogP contribution in [-0.4, -0.2) is 20.1 Å². The van der Waals surface area contributed by atoms with Crippen LogP contribution >= 0.6 is 0 Å². The number of pyridine rings is 1. The molecule has 3 atom stereocenters. The molecule has 3 aliphatic rings. The summed E-state index contributed by atoms with van der Waals surface area (Å²) in [5.74, 6) is 3.37. The lowest BCUT2D eigenvalue weighted by atomic mass is 9.56.